The van der Waals surface area contributed by atoms with Crippen LogP contribution in [0.3, 0.4) is 0 Å². The first-order valence-electron chi connectivity index (χ1n) is 0. The first-order chi connectivity index (χ1) is 0. The van der Waals surface area contributed by atoms with E-state index in [4.69, 9.17) is 0 Å². The van der Waals surface area contributed by atoms with Crippen molar-refractivity contribution in [1.82, 2.24) is 0 Å². The summed E-state index contributed by atoms with van der Waals surface area (Å²) in [5.41, 5.74) is 0. The first-order valence-corrected chi connectivity index (χ1v) is 0. The van der Waals surface area contributed by atoms with E-state index in [1.807, 2.05) is 0 Å². The van der Waals surface area contributed by atoms with Gasteiger partial charge in [-0.15, -0.1) is 0 Å². The third-order valence-corrected chi connectivity index (χ3v) is 0. The van der Waals surface area contributed by atoms with Gasteiger partial charge in [0.05, 0.1) is 0 Å². The van der Waals surface area contributed by atoms with E-state index in [-0.39, 0.29) is 84.0 Å². The van der Waals surface area contributed by atoms with Gasteiger partial charge in [0.25, 0.3) is 0 Å². The number of rotatable bonds is 0. The molecular weight excluding hydrogens is 455 g/mol. The number of hydrogen-bond acceptors (Lipinski definition) is 0. The van der Waals surface area contributed by atoms with E-state index in [0.29, 0.717) is 0 Å². The van der Waals surface area contributed by atoms with Crippen molar-refractivity contribution in [3.05, 3.63) is 0 Å². The molecule has 0 atom stereocenters. The Bertz CT molecular complexity index is 8.00. The maximum atomic E-state index is 0. The van der Waals surface area contributed by atoms with E-state index in [9.17, 15) is 0 Å². The van der Waals surface area contributed by atoms with E-state index >= 15 is 0 Å². The second-order valence-corrected chi connectivity index (χ2v) is 0. The second-order valence-electron chi connectivity index (χ2n) is 0. The van der Waals surface area contributed by atoms with E-state index in [1.54, 1.807) is 0 Å². The molecule has 0 unspecified atom stereocenters. The molecule has 0 aliphatic rings. The molecule has 4 heavy (non-hydrogen) atoms. The quantitative estimate of drug-likeness (QED) is 0.364. The Balaban J connectivity index is 0. The van der Waals surface area contributed by atoms with Gasteiger partial charge >= 0.3 is 49.9 Å². The summed E-state index contributed by atoms with van der Waals surface area (Å²) < 4.78 is 0. The zero-order valence-electron chi connectivity index (χ0n) is 1.89. The summed E-state index contributed by atoms with van der Waals surface area (Å²) in [4.78, 5) is 0. The molecule has 0 aliphatic heterocycles. The van der Waals surface area contributed by atoms with E-state index in [0.717, 1.165) is 0 Å². The normalized spacial score (nSPS) is 0. The molecule has 0 spiro atoms. The van der Waals surface area contributed by atoms with Crippen LogP contribution < -0.4 is 0 Å². The van der Waals surface area contributed by atoms with Crippen LogP contribution >= 0.6 is 0 Å². The van der Waals surface area contributed by atoms with Crippen molar-refractivity contribution in [2.75, 3.05) is 0 Å². The van der Waals surface area contributed by atoms with Crippen LogP contribution in [0.1, 0.15) is 0 Å². The Labute approximate surface area is 82.7 Å². The van der Waals surface area contributed by atoms with Gasteiger partial charge in [0.15, 0.2) is 0 Å². The monoisotopic (exact) mass is 462 g/mol. The molecule has 0 bridgehead atoms. The van der Waals surface area contributed by atoms with Gasteiger partial charge in [0, 0.05) is 34.1 Å². The van der Waals surface area contributed by atoms with Crippen LogP contribution in [0.25, 0.3) is 0 Å². The van der Waals surface area contributed by atoms with E-state index in [1.165, 1.54) is 0 Å². The molecule has 0 nitrogen and oxygen atoms in total. The second kappa shape index (κ2) is 17.2. The van der Waals surface area contributed by atoms with Crippen molar-refractivity contribution in [3.8, 4) is 0 Å². The van der Waals surface area contributed by atoms with Crippen molar-refractivity contribution < 1.29 is 34.1 Å². The Morgan fingerprint density at radius 1 is 1.00 bits per heavy atom. The third-order valence-electron chi connectivity index (χ3n) is 0. The molecule has 4 heteroatoms. The summed E-state index contributed by atoms with van der Waals surface area (Å²) in [7, 11) is 0. The molecule has 0 heterocycles. The first kappa shape index (κ1) is 29.8. The van der Waals surface area contributed by atoms with Crippen LogP contribution in [-0.4, -0.2) is 49.9 Å². The Morgan fingerprint density at radius 3 is 1.00 bits per heavy atom. The molecule has 0 aromatic carbocycles. The fourth-order valence-electron chi connectivity index (χ4n) is 0. The summed E-state index contributed by atoms with van der Waals surface area (Å²) in [6, 6.07) is 0. The van der Waals surface area contributed by atoms with Crippen molar-refractivity contribution in [2.45, 2.75) is 0 Å². The standard InChI is InChI=1S/Bi.Cu.Mn.H2Te.3H/h;;;1H2;;;. The van der Waals surface area contributed by atoms with Gasteiger partial charge in [0.1, 0.15) is 0 Å². The SMILES string of the molecule is [BiH3].[Cu].[Mn].[TeH2]. The summed E-state index contributed by atoms with van der Waals surface area (Å²) in [5, 5.41) is 0. The van der Waals surface area contributed by atoms with Gasteiger partial charge < -0.3 is 0 Å². The van der Waals surface area contributed by atoms with Crippen LogP contribution in [-0.2, 0) is 34.1 Å². The summed E-state index contributed by atoms with van der Waals surface area (Å²) in [5.74, 6) is 0. The number of hydrogen-bond donors (Lipinski definition) is 0. The van der Waals surface area contributed by atoms with Crippen LogP contribution in [0.15, 0.2) is 0 Å². The van der Waals surface area contributed by atoms with Gasteiger partial charge in [-0.1, -0.05) is 0 Å². The Hall–Kier alpha value is 2.71. The van der Waals surface area contributed by atoms with Crippen LogP contribution in [0, 0.1) is 0 Å². The van der Waals surface area contributed by atoms with Crippen molar-refractivity contribution in [1.29, 1.82) is 0 Å². The predicted molar refractivity (Wildman–Crippen MR) is 18.5 cm³/mol. The molecule has 0 aromatic rings. The van der Waals surface area contributed by atoms with Gasteiger partial charge in [-0.2, -0.15) is 0 Å². The Morgan fingerprint density at radius 2 is 1.00 bits per heavy atom. The van der Waals surface area contributed by atoms with E-state index < -0.39 is 0 Å². The van der Waals surface area contributed by atoms with Gasteiger partial charge in [-0.05, 0) is 0 Å². The van der Waals surface area contributed by atoms with Crippen LogP contribution in [0.5, 0.6) is 0 Å². The molecule has 0 amide bonds. The van der Waals surface area contributed by atoms with Crippen LogP contribution in [0.2, 0.25) is 0 Å². The van der Waals surface area contributed by atoms with Gasteiger partial charge in [-0.25, -0.2) is 0 Å². The van der Waals surface area contributed by atoms with Gasteiger partial charge in [0.2, 0.25) is 0 Å². The summed E-state index contributed by atoms with van der Waals surface area (Å²) in [6.45, 7) is 0. The molecule has 2 radical (unpaired) electrons. The molecule has 0 fully saturated rings. The minimum atomic E-state index is 0. The summed E-state index contributed by atoms with van der Waals surface area (Å²) in [6.07, 6.45) is 0. The van der Waals surface area contributed by atoms with E-state index in [2.05, 4.69) is 0 Å². The zero-order chi connectivity index (χ0) is 0. The molecule has 0 rings (SSSR count). The predicted octanol–water partition coefficient (Wildman–Crippen LogP) is -2.11. The fraction of sp³-hybridized carbons (Fsp3) is 0. The summed E-state index contributed by atoms with van der Waals surface area (Å²) >= 11 is 0. The topological polar surface area (TPSA) is 0 Å². The average Bonchev–Trinajstić information content (AvgIpc) is 0. The Kier molecular flexibility index (Phi) is 128. The molecule has 0 N–H and O–H groups in total. The van der Waals surface area contributed by atoms with Crippen molar-refractivity contribution >= 4 is 49.9 Å². The minimum absolute atomic E-state index is 0. The molecular formula is H5BiCuMnTe. The third kappa shape index (κ3) is 8.83. The fourth-order valence-corrected chi connectivity index (χ4v) is 0. The maximum absolute atomic E-state index is 0. The molecule has 0 aromatic heterocycles. The zero-order valence-corrected chi connectivity index (χ0v) is 12.4. The van der Waals surface area contributed by atoms with Crippen LogP contribution in [0.4, 0.5) is 0 Å². The van der Waals surface area contributed by atoms with Crippen molar-refractivity contribution in [3.63, 3.8) is 0 Å². The molecule has 0 saturated carbocycles. The molecule has 0 saturated heterocycles. The van der Waals surface area contributed by atoms with Crippen molar-refractivity contribution in [2.24, 2.45) is 0 Å². The van der Waals surface area contributed by atoms with Gasteiger partial charge in [-0.3, -0.25) is 0 Å². The molecule has 0 aliphatic carbocycles. The average molecular weight is 460 g/mol. The molecule has 34 valence electrons.